The van der Waals surface area contributed by atoms with Gasteiger partial charge in [-0.1, -0.05) is 52.7 Å². The number of nitrogens with zero attached hydrogens (tertiary/aromatic N) is 1. The fourth-order valence-corrected chi connectivity index (χ4v) is 3.26. The second-order valence-electron chi connectivity index (χ2n) is 4.38. The van der Waals surface area contributed by atoms with Crippen LogP contribution in [0.5, 0.6) is 5.75 Å². The van der Waals surface area contributed by atoms with Crippen LogP contribution < -0.4 is 10.1 Å². The van der Waals surface area contributed by atoms with E-state index in [0.29, 0.717) is 26.4 Å². The molecule has 7 heteroatoms. The minimum Gasteiger partial charge on any atom is -0.484 e. The molecule has 0 aliphatic heterocycles. The molecule has 0 fully saturated rings. The molecule has 1 N–H and O–H groups in total. The van der Waals surface area contributed by atoms with Gasteiger partial charge in [0.2, 0.25) is 0 Å². The van der Waals surface area contributed by atoms with Crippen LogP contribution in [0.4, 0.5) is 5.13 Å². The molecule has 0 aliphatic carbocycles. The third kappa shape index (κ3) is 3.32. The third-order valence-corrected chi connectivity index (χ3v) is 4.54. The molecule has 1 amide bonds. The highest BCUT2D eigenvalue weighted by Crippen LogP contribution is 2.35. The van der Waals surface area contributed by atoms with Crippen molar-refractivity contribution in [2.45, 2.75) is 0 Å². The number of fused-ring (bicyclic) bond motifs is 1. The maximum absolute atomic E-state index is 11.9. The van der Waals surface area contributed by atoms with Gasteiger partial charge < -0.3 is 4.74 Å². The Labute approximate surface area is 140 Å². The van der Waals surface area contributed by atoms with Crippen LogP contribution in [-0.4, -0.2) is 17.5 Å². The van der Waals surface area contributed by atoms with Gasteiger partial charge in [-0.2, -0.15) is 0 Å². The zero-order chi connectivity index (χ0) is 15.5. The Morgan fingerprint density at radius 1 is 1.14 bits per heavy atom. The molecule has 0 bridgehead atoms. The molecule has 1 aromatic heterocycles. The van der Waals surface area contributed by atoms with E-state index in [2.05, 4.69) is 10.3 Å². The van der Waals surface area contributed by atoms with E-state index < -0.39 is 0 Å². The predicted molar refractivity (Wildman–Crippen MR) is 90.2 cm³/mol. The number of benzene rings is 2. The van der Waals surface area contributed by atoms with E-state index in [1.165, 1.54) is 11.3 Å². The molecule has 0 saturated heterocycles. The summed E-state index contributed by atoms with van der Waals surface area (Å²) in [7, 11) is 0. The standard InChI is InChI=1S/C15H10Cl2N2O2S/c16-10-6-7-11(17)14-13(10)19-15(22-14)18-12(20)8-21-9-4-2-1-3-5-9/h1-7H,8H2,(H,18,19,20). The molecule has 1 heterocycles. The maximum Gasteiger partial charge on any atom is 0.264 e. The summed E-state index contributed by atoms with van der Waals surface area (Å²) in [5, 5.41) is 4.17. The summed E-state index contributed by atoms with van der Waals surface area (Å²) in [4.78, 5) is 16.2. The fraction of sp³-hybridized carbons (Fsp3) is 0.0667. The van der Waals surface area contributed by atoms with Gasteiger partial charge in [-0.25, -0.2) is 4.98 Å². The average molecular weight is 353 g/mol. The molecular formula is C15H10Cl2N2O2S. The van der Waals surface area contributed by atoms with Gasteiger partial charge in [0.05, 0.1) is 14.7 Å². The molecule has 22 heavy (non-hydrogen) atoms. The Bertz CT molecular complexity index is 782. The van der Waals surface area contributed by atoms with Gasteiger partial charge >= 0.3 is 0 Å². The number of ether oxygens (including phenoxy) is 1. The Hall–Kier alpha value is -1.82. The molecular weight excluding hydrogens is 343 g/mol. The summed E-state index contributed by atoms with van der Waals surface area (Å²) in [6.45, 7) is -0.0958. The lowest BCUT2D eigenvalue weighted by Gasteiger charge is -2.04. The van der Waals surface area contributed by atoms with E-state index in [4.69, 9.17) is 27.9 Å². The number of halogens is 2. The van der Waals surface area contributed by atoms with Crippen LogP contribution in [0.15, 0.2) is 42.5 Å². The van der Waals surface area contributed by atoms with E-state index >= 15 is 0 Å². The van der Waals surface area contributed by atoms with Gasteiger partial charge in [-0.15, -0.1) is 0 Å². The second kappa shape index (κ2) is 6.52. The van der Waals surface area contributed by atoms with E-state index in [9.17, 15) is 4.79 Å². The van der Waals surface area contributed by atoms with Gasteiger partial charge in [0.15, 0.2) is 11.7 Å². The molecule has 0 radical (unpaired) electrons. The average Bonchev–Trinajstić information content (AvgIpc) is 2.95. The molecule has 4 nitrogen and oxygen atoms in total. The van der Waals surface area contributed by atoms with E-state index in [1.807, 2.05) is 18.2 Å². The molecule has 0 saturated carbocycles. The first-order chi connectivity index (χ1) is 10.6. The summed E-state index contributed by atoms with van der Waals surface area (Å²) < 4.78 is 6.12. The van der Waals surface area contributed by atoms with Crippen molar-refractivity contribution in [2.75, 3.05) is 11.9 Å². The predicted octanol–water partition coefficient (Wildman–Crippen LogP) is 4.62. The first kappa shape index (κ1) is 15.1. The summed E-state index contributed by atoms with van der Waals surface area (Å²) >= 11 is 13.4. The van der Waals surface area contributed by atoms with Gasteiger partial charge in [-0.05, 0) is 24.3 Å². The number of rotatable bonds is 4. The molecule has 0 atom stereocenters. The summed E-state index contributed by atoms with van der Waals surface area (Å²) in [6.07, 6.45) is 0. The van der Waals surface area contributed by atoms with Crippen LogP contribution in [-0.2, 0) is 4.79 Å². The Kier molecular flexibility index (Phi) is 4.47. The number of thiazole rings is 1. The van der Waals surface area contributed by atoms with Gasteiger partial charge in [0, 0.05) is 0 Å². The van der Waals surface area contributed by atoms with Crippen molar-refractivity contribution in [3.63, 3.8) is 0 Å². The van der Waals surface area contributed by atoms with Crippen LogP contribution in [0.3, 0.4) is 0 Å². The first-order valence-electron chi connectivity index (χ1n) is 6.36. The van der Waals surface area contributed by atoms with Crippen molar-refractivity contribution in [1.29, 1.82) is 0 Å². The number of carbonyl (C=O) groups excluding carboxylic acids is 1. The smallest absolute Gasteiger partial charge is 0.264 e. The fourth-order valence-electron chi connectivity index (χ4n) is 1.82. The van der Waals surface area contributed by atoms with Crippen molar-refractivity contribution in [3.8, 4) is 5.75 Å². The molecule has 2 aromatic carbocycles. The normalized spacial score (nSPS) is 10.6. The van der Waals surface area contributed by atoms with Crippen molar-refractivity contribution >= 4 is 55.8 Å². The molecule has 112 valence electrons. The van der Waals surface area contributed by atoms with Crippen LogP contribution in [0.25, 0.3) is 10.2 Å². The monoisotopic (exact) mass is 352 g/mol. The van der Waals surface area contributed by atoms with Crippen molar-refractivity contribution < 1.29 is 9.53 Å². The van der Waals surface area contributed by atoms with E-state index in [-0.39, 0.29) is 12.5 Å². The largest absolute Gasteiger partial charge is 0.484 e. The second-order valence-corrected chi connectivity index (χ2v) is 6.19. The third-order valence-electron chi connectivity index (χ3n) is 2.81. The minimum atomic E-state index is -0.296. The van der Waals surface area contributed by atoms with Crippen LogP contribution in [0.1, 0.15) is 0 Å². The highest BCUT2D eigenvalue weighted by molar-refractivity contribution is 7.23. The molecule has 0 unspecified atom stereocenters. The van der Waals surface area contributed by atoms with Crippen molar-refractivity contribution in [2.24, 2.45) is 0 Å². The van der Waals surface area contributed by atoms with E-state index in [1.54, 1.807) is 24.3 Å². The molecule has 0 aliphatic rings. The Morgan fingerprint density at radius 3 is 2.59 bits per heavy atom. The van der Waals surface area contributed by atoms with E-state index in [0.717, 1.165) is 4.70 Å². The molecule has 3 aromatic rings. The van der Waals surface area contributed by atoms with Crippen LogP contribution >= 0.6 is 34.5 Å². The number of aromatic nitrogens is 1. The quantitative estimate of drug-likeness (QED) is 0.745. The lowest BCUT2D eigenvalue weighted by atomic mass is 10.3. The lowest BCUT2D eigenvalue weighted by Crippen LogP contribution is -2.19. The summed E-state index contributed by atoms with van der Waals surface area (Å²) in [6, 6.07) is 12.5. The zero-order valence-corrected chi connectivity index (χ0v) is 13.5. The lowest BCUT2D eigenvalue weighted by molar-refractivity contribution is -0.118. The summed E-state index contributed by atoms with van der Waals surface area (Å²) in [5.74, 6) is 0.336. The number of nitrogens with one attached hydrogen (secondary N) is 1. The number of amides is 1. The van der Waals surface area contributed by atoms with Gasteiger partial charge in [0.1, 0.15) is 11.3 Å². The Balaban J connectivity index is 1.69. The SMILES string of the molecule is O=C(COc1ccccc1)Nc1nc2c(Cl)ccc(Cl)c2s1. The number of anilines is 1. The highest BCUT2D eigenvalue weighted by Gasteiger charge is 2.12. The number of hydrogen-bond acceptors (Lipinski definition) is 4. The van der Waals surface area contributed by atoms with Gasteiger partial charge in [0.25, 0.3) is 5.91 Å². The topological polar surface area (TPSA) is 51.2 Å². The van der Waals surface area contributed by atoms with Crippen LogP contribution in [0, 0.1) is 0 Å². The molecule has 3 rings (SSSR count). The Morgan fingerprint density at radius 2 is 1.86 bits per heavy atom. The zero-order valence-electron chi connectivity index (χ0n) is 11.2. The van der Waals surface area contributed by atoms with Crippen molar-refractivity contribution in [3.05, 3.63) is 52.5 Å². The maximum atomic E-state index is 11.9. The van der Waals surface area contributed by atoms with Crippen LogP contribution in [0.2, 0.25) is 10.0 Å². The number of para-hydroxylation sites is 1. The molecule has 0 spiro atoms. The number of hydrogen-bond donors (Lipinski definition) is 1. The summed E-state index contributed by atoms with van der Waals surface area (Å²) in [5.41, 5.74) is 0.582. The minimum absolute atomic E-state index is 0.0958. The van der Waals surface area contributed by atoms with Crippen molar-refractivity contribution in [1.82, 2.24) is 4.98 Å². The van der Waals surface area contributed by atoms with Gasteiger partial charge in [-0.3, -0.25) is 10.1 Å². The first-order valence-corrected chi connectivity index (χ1v) is 7.93. The number of carbonyl (C=O) groups is 1. The highest BCUT2D eigenvalue weighted by atomic mass is 35.5.